The molecule has 0 atom stereocenters. The SMILES string of the molecule is COc1ccc2c(=O)n(CC3CCN(c4cc(C5CC5)ncn4)CC3)cnc2c1. The van der Waals surface area contributed by atoms with E-state index < -0.39 is 0 Å². The normalized spacial score (nSPS) is 17.6. The van der Waals surface area contributed by atoms with Gasteiger partial charge in [0, 0.05) is 43.4 Å². The molecule has 2 fully saturated rings. The largest absolute Gasteiger partial charge is 0.497 e. The van der Waals surface area contributed by atoms with Crippen molar-refractivity contribution in [3.63, 3.8) is 0 Å². The summed E-state index contributed by atoms with van der Waals surface area (Å²) >= 11 is 0. The first kappa shape index (κ1) is 18.1. The zero-order chi connectivity index (χ0) is 19.8. The molecule has 1 aliphatic carbocycles. The number of fused-ring (bicyclic) bond motifs is 1. The summed E-state index contributed by atoms with van der Waals surface area (Å²) in [5, 5.41) is 0.638. The average molecular weight is 391 g/mol. The zero-order valence-electron chi connectivity index (χ0n) is 16.6. The molecule has 7 nitrogen and oxygen atoms in total. The predicted octanol–water partition coefficient (Wildman–Crippen LogP) is 2.99. The third-order valence-corrected chi connectivity index (χ3v) is 6.10. The highest BCUT2D eigenvalue weighted by Crippen LogP contribution is 2.39. The van der Waals surface area contributed by atoms with Gasteiger partial charge in [0.25, 0.3) is 5.56 Å². The van der Waals surface area contributed by atoms with Crippen LogP contribution in [-0.4, -0.2) is 39.7 Å². The van der Waals surface area contributed by atoms with Gasteiger partial charge in [-0.3, -0.25) is 9.36 Å². The number of piperidine rings is 1. The van der Waals surface area contributed by atoms with Crippen LogP contribution in [-0.2, 0) is 6.54 Å². The smallest absolute Gasteiger partial charge is 0.261 e. The molecular weight excluding hydrogens is 366 g/mol. The molecule has 29 heavy (non-hydrogen) atoms. The molecule has 0 unspecified atom stereocenters. The second-order valence-electron chi connectivity index (χ2n) is 8.09. The van der Waals surface area contributed by atoms with E-state index in [2.05, 4.69) is 25.9 Å². The molecule has 1 aromatic carbocycles. The fourth-order valence-electron chi connectivity index (χ4n) is 4.15. The van der Waals surface area contributed by atoms with Crippen LogP contribution >= 0.6 is 0 Å². The summed E-state index contributed by atoms with van der Waals surface area (Å²) in [5.74, 6) is 2.86. The van der Waals surface area contributed by atoms with Crippen molar-refractivity contribution in [1.29, 1.82) is 0 Å². The Labute approximate surface area is 169 Å². The summed E-state index contributed by atoms with van der Waals surface area (Å²) in [5.41, 5.74) is 1.88. The lowest BCUT2D eigenvalue weighted by Gasteiger charge is -2.33. The highest BCUT2D eigenvalue weighted by atomic mass is 16.5. The summed E-state index contributed by atoms with van der Waals surface area (Å²) < 4.78 is 6.98. The van der Waals surface area contributed by atoms with Crippen LogP contribution in [0.25, 0.3) is 10.9 Å². The first-order valence-electron chi connectivity index (χ1n) is 10.3. The highest BCUT2D eigenvalue weighted by Gasteiger charge is 2.27. The van der Waals surface area contributed by atoms with E-state index in [0.717, 1.165) is 31.7 Å². The summed E-state index contributed by atoms with van der Waals surface area (Å²) in [6.45, 7) is 2.62. The van der Waals surface area contributed by atoms with Crippen LogP contribution in [0.1, 0.15) is 37.3 Å². The fraction of sp³-hybridized carbons (Fsp3) is 0.455. The lowest BCUT2D eigenvalue weighted by molar-refractivity contribution is 0.351. The number of ether oxygens (including phenoxy) is 1. The average Bonchev–Trinajstić information content (AvgIpc) is 3.62. The minimum absolute atomic E-state index is 0.0185. The van der Waals surface area contributed by atoms with E-state index in [-0.39, 0.29) is 5.56 Å². The summed E-state index contributed by atoms with van der Waals surface area (Å²) in [6.07, 6.45) is 7.94. The molecule has 1 saturated heterocycles. The second kappa shape index (κ2) is 7.46. The Morgan fingerprint density at radius 3 is 2.66 bits per heavy atom. The first-order chi connectivity index (χ1) is 14.2. The Balaban J connectivity index is 1.26. The van der Waals surface area contributed by atoms with Gasteiger partial charge in [0.15, 0.2) is 0 Å². The number of rotatable bonds is 5. The van der Waals surface area contributed by atoms with Gasteiger partial charge in [-0.15, -0.1) is 0 Å². The first-order valence-corrected chi connectivity index (χ1v) is 10.3. The molecule has 1 aliphatic heterocycles. The number of aromatic nitrogens is 4. The number of methoxy groups -OCH3 is 1. The molecule has 0 N–H and O–H groups in total. The van der Waals surface area contributed by atoms with Gasteiger partial charge in [-0.2, -0.15) is 0 Å². The minimum Gasteiger partial charge on any atom is -0.497 e. The third-order valence-electron chi connectivity index (χ3n) is 6.10. The van der Waals surface area contributed by atoms with Gasteiger partial charge in [-0.25, -0.2) is 15.0 Å². The standard InChI is InChI=1S/C22H25N5O2/c1-29-17-4-5-18-20(10-17)25-14-27(22(18)28)12-15-6-8-26(9-7-15)21-11-19(16-2-3-16)23-13-24-21/h4-5,10-11,13-16H,2-3,6-9,12H2,1H3. The van der Waals surface area contributed by atoms with Gasteiger partial charge >= 0.3 is 0 Å². The predicted molar refractivity (Wildman–Crippen MR) is 111 cm³/mol. The summed E-state index contributed by atoms with van der Waals surface area (Å²) in [6, 6.07) is 7.57. The van der Waals surface area contributed by atoms with Crippen molar-refractivity contribution >= 4 is 16.7 Å². The lowest BCUT2D eigenvalue weighted by Crippen LogP contribution is -2.37. The van der Waals surface area contributed by atoms with E-state index in [1.54, 1.807) is 36.5 Å². The van der Waals surface area contributed by atoms with Crippen molar-refractivity contribution in [2.24, 2.45) is 5.92 Å². The molecule has 1 saturated carbocycles. The Kier molecular flexibility index (Phi) is 4.66. The van der Waals surface area contributed by atoms with Crippen LogP contribution in [0.4, 0.5) is 5.82 Å². The van der Waals surface area contributed by atoms with Crippen molar-refractivity contribution < 1.29 is 4.74 Å². The zero-order valence-corrected chi connectivity index (χ0v) is 16.6. The van der Waals surface area contributed by atoms with E-state index in [0.29, 0.717) is 35.0 Å². The number of anilines is 1. The topological polar surface area (TPSA) is 73.1 Å². The second-order valence-corrected chi connectivity index (χ2v) is 8.09. The maximum Gasteiger partial charge on any atom is 0.261 e. The number of hydrogen-bond donors (Lipinski definition) is 0. The van der Waals surface area contributed by atoms with Crippen LogP contribution in [0.15, 0.2) is 41.7 Å². The molecule has 0 bridgehead atoms. The Bertz CT molecular complexity index is 1080. The number of benzene rings is 1. The van der Waals surface area contributed by atoms with Gasteiger partial charge in [-0.05, 0) is 43.7 Å². The maximum absolute atomic E-state index is 12.8. The monoisotopic (exact) mass is 391 g/mol. The summed E-state index contributed by atoms with van der Waals surface area (Å²) in [7, 11) is 1.61. The van der Waals surface area contributed by atoms with Gasteiger partial charge in [0.2, 0.25) is 0 Å². The molecule has 7 heteroatoms. The molecule has 0 spiro atoms. The van der Waals surface area contributed by atoms with E-state index in [4.69, 9.17) is 4.74 Å². The van der Waals surface area contributed by atoms with Crippen LogP contribution in [0, 0.1) is 5.92 Å². The van der Waals surface area contributed by atoms with E-state index in [1.807, 2.05) is 6.07 Å². The maximum atomic E-state index is 12.8. The van der Waals surface area contributed by atoms with Crippen LogP contribution in [0.3, 0.4) is 0 Å². The lowest BCUT2D eigenvalue weighted by atomic mass is 9.96. The number of nitrogens with zero attached hydrogens (tertiary/aromatic N) is 5. The third kappa shape index (κ3) is 3.69. The van der Waals surface area contributed by atoms with Crippen molar-refractivity contribution in [3.8, 4) is 5.75 Å². The van der Waals surface area contributed by atoms with E-state index >= 15 is 0 Å². The van der Waals surface area contributed by atoms with Crippen molar-refractivity contribution in [3.05, 3.63) is 53.0 Å². The molecule has 150 valence electrons. The summed E-state index contributed by atoms with van der Waals surface area (Å²) in [4.78, 5) is 28.6. The molecular formula is C22H25N5O2. The van der Waals surface area contributed by atoms with E-state index in [9.17, 15) is 4.79 Å². The van der Waals surface area contributed by atoms with Gasteiger partial charge < -0.3 is 9.64 Å². The molecule has 3 heterocycles. The Hall–Kier alpha value is -2.96. The quantitative estimate of drug-likeness (QED) is 0.666. The van der Waals surface area contributed by atoms with Gasteiger partial charge in [-0.1, -0.05) is 0 Å². The molecule has 2 aliphatic rings. The van der Waals surface area contributed by atoms with Gasteiger partial charge in [0.1, 0.15) is 17.9 Å². The highest BCUT2D eigenvalue weighted by molar-refractivity contribution is 5.78. The van der Waals surface area contributed by atoms with Gasteiger partial charge in [0.05, 0.1) is 24.3 Å². The van der Waals surface area contributed by atoms with Crippen molar-refractivity contribution in [1.82, 2.24) is 19.5 Å². The molecule has 3 aromatic rings. The van der Waals surface area contributed by atoms with Crippen LogP contribution in [0.5, 0.6) is 5.75 Å². The fourth-order valence-corrected chi connectivity index (χ4v) is 4.15. The Morgan fingerprint density at radius 2 is 1.90 bits per heavy atom. The molecule has 0 amide bonds. The van der Waals surface area contributed by atoms with Crippen LogP contribution < -0.4 is 15.2 Å². The Morgan fingerprint density at radius 1 is 1.07 bits per heavy atom. The van der Waals surface area contributed by atoms with Crippen molar-refractivity contribution in [2.45, 2.75) is 38.1 Å². The minimum atomic E-state index is 0.0185. The van der Waals surface area contributed by atoms with Crippen molar-refractivity contribution in [2.75, 3.05) is 25.1 Å². The number of hydrogen-bond acceptors (Lipinski definition) is 6. The molecule has 2 aromatic heterocycles. The molecule has 0 radical (unpaired) electrons. The molecule has 5 rings (SSSR count). The van der Waals surface area contributed by atoms with E-state index in [1.165, 1.54) is 18.5 Å². The van der Waals surface area contributed by atoms with Crippen LogP contribution in [0.2, 0.25) is 0 Å².